The monoisotopic (exact) mass is 430 g/mol. The third kappa shape index (κ3) is 3.88. The molecule has 2 N–H and O–H groups in total. The lowest BCUT2D eigenvalue weighted by Crippen LogP contribution is -2.52. The Bertz CT molecular complexity index is 1260. The van der Waals surface area contributed by atoms with Crippen LogP contribution in [0.2, 0.25) is 0 Å². The second-order valence-corrected chi connectivity index (χ2v) is 9.96. The first-order chi connectivity index (χ1) is 14.1. The lowest BCUT2D eigenvalue weighted by Gasteiger charge is -2.38. The maximum atomic E-state index is 12.7. The molecule has 1 aliphatic rings. The van der Waals surface area contributed by atoms with E-state index in [9.17, 15) is 13.2 Å². The Morgan fingerprint density at radius 1 is 1.23 bits per heavy atom. The third-order valence-electron chi connectivity index (χ3n) is 5.65. The van der Waals surface area contributed by atoms with E-state index < -0.39 is 10.0 Å². The van der Waals surface area contributed by atoms with Crippen molar-refractivity contribution < 1.29 is 12.8 Å². The van der Waals surface area contributed by atoms with E-state index in [0.29, 0.717) is 48.6 Å². The quantitative estimate of drug-likeness (QED) is 0.634. The SMILES string of the molecule is CC1CN(S(C)(=O)=O)CCN1Cc1cc2c(=O)n(C)cc(-c3cccc(N)c3)c2o1. The highest BCUT2D eigenvalue weighted by molar-refractivity contribution is 7.88. The minimum absolute atomic E-state index is 0.0397. The molecule has 8 nitrogen and oxygen atoms in total. The molecule has 9 heteroatoms. The standard InChI is InChI=1S/C21H26N4O4S/c1-14-11-25(30(3,27)28)8-7-24(14)12-17-10-18-20(29-17)19(13-23(2)21(18)26)15-5-4-6-16(22)9-15/h4-6,9-10,13-14H,7-8,11-12,22H2,1-3H3. The molecule has 0 radical (unpaired) electrons. The molecule has 3 heterocycles. The van der Waals surface area contributed by atoms with Gasteiger partial charge in [-0.1, -0.05) is 12.1 Å². The predicted octanol–water partition coefficient (Wildman–Crippen LogP) is 1.85. The Labute approximate surface area is 175 Å². The summed E-state index contributed by atoms with van der Waals surface area (Å²) in [7, 11) is -1.48. The number of aromatic nitrogens is 1. The number of rotatable bonds is 4. The van der Waals surface area contributed by atoms with Crippen LogP contribution in [0.15, 0.2) is 45.7 Å². The number of fused-ring (bicyclic) bond motifs is 1. The van der Waals surface area contributed by atoms with Crippen molar-refractivity contribution in [2.45, 2.75) is 19.5 Å². The fraction of sp³-hybridized carbons (Fsp3) is 0.381. The summed E-state index contributed by atoms with van der Waals surface area (Å²) in [5.74, 6) is 0.679. The number of piperazine rings is 1. The minimum Gasteiger partial charge on any atom is -0.459 e. The number of pyridine rings is 1. The van der Waals surface area contributed by atoms with E-state index in [0.717, 1.165) is 11.1 Å². The van der Waals surface area contributed by atoms with Crippen molar-refractivity contribution in [1.82, 2.24) is 13.8 Å². The zero-order chi connectivity index (χ0) is 21.6. The summed E-state index contributed by atoms with van der Waals surface area (Å²) in [5.41, 5.74) is 8.69. The molecule has 30 heavy (non-hydrogen) atoms. The Balaban J connectivity index is 1.68. The molecule has 0 aliphatic carbocycles. The number of nitrogen functional groups attached to an aromatic ring is 1. The van der Waals surface area contributed by atoms with Gasteiger partial charge in [0, 0.05) is 50.2 Å². The van der Waals surface area contributed by atoms with E-state index in [1.54, 1.807) is 23.9 Å². The van der Waals surface area contributed by atoms with Crippen molar-refractivity contribution in [3.05, 3.63) is 52.6 Å². The Morgan fingerprint density at radius 3 is 2.67 bits per heavy atom. The van der Waals surface area contributed by atoms with E-state index in [2.05, 4.69) is 4.90 Å². The van der Waals surface area contributed by atoms with Crippen molar-refractivity contribution in [2.75, 3.05) is 31.6 Å². The highest BCUT2D eigenvalue weighted by Gasteiger charge is 2.29. The number of benzene rings is 1. The molecular weight excluding hydrogens is 404 g/mol. The summed E-state index contributed by atoms with van der Waals surface area (Å²) in [6.07, 6.45) is 3.00. The number of nitrogens with zero attached hydrogens (tertiary/aromatic N) is 3. The average molecular weight is 431 g/mol. The number of sulfonamides is 1. The summed E-state index contributed by atoms with van der Waals surface area (Å²) < 4.78 is 32.8. The molecule has 1 saturated heterocycles. The fourth-order valence-electron chi connectivity index (χ4n) is 3.99. The normalized spacial score (nSPS) is 18.8. The molecule has 0 saturated carbocycles. The van der Waals surface area contributed by atoms with Gasteiger partial charge in [-0.2, -0.15) is 4.31 Å². The van der Waals surface area contributed by atoms with Crippen LogP contribution < -0.4 is 11.3 Å². The zero-order valence-corrected chi connectivity index (χ0v) is 18.1. The van der Waals surface area contributed by atoms with Gasteiger partial charge in [-0.15, -0.1) is 0 Å². The maximum absolute atomic E-state index is 12.7. The minimum atomic E-state index is -3.20. The van der Waals surface area contributed by atoms with Gasteiger partial charge in [0.1, 0.15) is 11.3 Å². The lowest BCUT2D eigenvalue weighted by molar-refractivity contribution is 0.115. The zero-order valence-electron chi connectivity index (χ0n) is 17.3. The Hall–Kier alpha value is -2.62. The molecule has 2 aromatic heterocycles. The maximum Gasteiger partial charge on any atom is 0.261 e. The van der Waals surface area contributed by atoms with Crippen LogP contribution >= 0.6 is 0 Å². The highest BCUT2D eigenvalue weighted by Crippen LogP contribution is 2.31. The van der Waals surface area contributed by atoms with E-state index in [4.69, 9.17) is 10.2 Å². The molecule has 0 amide bonds. The number of hydrogen-bond donors (Lipinski definition) is 1. The molecule has 0 bridgehead atoms. The van der Waals surface area contributed by atoms with Crippen LogP contribution in [0.3, 0.4) is 0 Å². The number of aryl methyl sites for hydroxylation is 1. The van der Waals surface area contributed by atoms with Crippen molar-refractivity contribution in [1.29, 1.82) is 0 Å². The Morgan fingerprint density at radius 2 is 2.00 bits per heavy atom. The molecule has 3 aromatic rings. The van der Waals surface area contributed by atoms with Crippen molar-refractivity contribution in [2.24, 2.45) is 7.05 Å². The van der Waals surface area contributed by atoms with E-state index >= 15 is 0 Å². The van der Waals surface area contributed by atoms with Gasteiger partial charge in [0.05, 0.1) is 18.2 Å². The lowest BCUT2D eigenvalue weighted by atomic mass is 10.1. The van der Waals surface area contributed by atoms with Crippen molar-refractivity contribution in [3.63, 3.8) is 0 Å². The van der Waals surface area contributed by atoms with Gasteiger partial charge in [-0.25, -0.2) is 8.42 Å². The van der Waals surface area contributed by atoms with E-state index in [-0.39, 0.29) is 11.6 Å². The number of hydrogen-bond acceptors (Lipinski definition) is 6. The van der Waals surface area contributed by atoms with Crippen LogP contribution in [0.4, 0.5) is 5.69 Å². The number of furan rings is 1. The van der Waals surface area contributed by atoms with Gasteiger partial charge in [0.25, 0.3) is 5.56 Å². The van der Waals surface area contributed by atoms with Gasteiger partial charge >= 0.3 is 0 Å². The first kappa shape index (κ1) is 20.6. The molecule has 160 valence electrons. The largest absolute Gasteiger partial charge is 0.459 e. The van der Waals surface area contributed by atoms with Gasteiger partial charge in [0.2, 0.25) is 10.0 Å². The van der Waals surface area contributed by atoms with Gasteiger partial charge in [-0.05, 0) is 30.7 Å². The molecular formula is C21H26N4O4S. The topological polar surface area (TPSA) is 102 Å². The van der Waals surface area contributed by atoms with Gasteiger partial charge in [0.15, 0.2) is 0 Å². The van der Waals surface area contributed by atoms with Crippen LogP contribution in [0, 0.1) is 0 Å². The second kappa shape index (κ2) is 7.57. The van der Waals surface area contributed by atoms with Crippen LogP contribution in [0.5, 0.6) is 0 Å². The summed E-state index contributed by atoms with van der Waals surface area (Å²) in [6.45, 7) is 3.99. The molecule has 1 unspecified atom stereocenters. The molecule has 0 spiro atoms. The van der Waals surface area contributed by atoms with E-state index in [1.807, 2.05) is 31.2 Å². The third-order valence-corrected chi connectivity index (χ3v) is 6.92. The van der Waals surface area contributed by atoms with Crippen LogP contribution in [0.1, 0.15) is 12.7 Å². The molecule has 1 aromatic carbocycles. The number of nitrogens with two attached hydrogens (primary N) is 1. The van der Waals surface area contributed by atoms with Crippen LogP contribution in [-0.2, 0) is 23.6 Å². The summed E-state index contributed by atoms with van der Waals surface area (Å²) in [5, 5.41) is 0.523. The summed E-state index contributed by atoms with van der Waals surface area (Å²) >= 11 is 0. The van der Waals surface area contributed by atoms with Crippen LogP contribution in [0.25, 0.3) is 22.1 Å². The Kier molecular flexibility index (Phi) is 5.21. The second-order valence-electron chi connectivity index (χ2n) is 7.98. The smallest absolute Gasteiger partial charge is 0.261 e. The first-order valence-electron chi connectivity index (χ1n) is 9.80. The highest BCUT2D eigenvalue weighted by atomic mass is 32.2. The molecule has 1 fully saturated rings. The first-order valence-corrected chi connectivity index (χ1v) is 11.7. The summed E-state index contributed by atoms with van der Waals surface area (Å²) in [6, 6.07) is 9.31. The fourth-order valence-corrected chi connectivity index (χ4v) is 4.89. The van der Waals surface area contributed by atoms with Crippen LogP contribution in [-0.4, -0.2) is 54.1 Å². The van der Waals surface area contributed by atoms with Crippen molar-refractivity contribution >= 4 is 26.7 Å². The van der Waals surface area contributed by atoms with Crippen molar-refractivity contribution in [3.8, 4) is 11.1 Å². The molecule has 4 rings (SSSR count). The van der Waals surface area contributed by atoms with E-state index in [1.165, 1.54) is 10.6 Å². The number of anilines is 1. The van der Waals surface area contributed by atoms with Gasteiger partial charge < -0.3 is 14.7 Å². The molecule has 1 atom stereocenters. The van der Waals surface area contributed by atoms with Gasteiger partial charge in [-0.3, -0.25) is 9.69 Å². The summed E-state index contributed by atoms with van der Waals surface area (Å²) in [4.78, 5) is 14.9. The molecule has 1 aliphatic heterocycles. The average Bonchev–Trinajstić information content (AvgIpc) is 3.09. The predicted molar refractivity (Wildman–Crippen MR) is 118 cm³/mol.